The molecule has 0 spiro atoms. The molecule has 0 saturated heterocycles. The number of nitrogen functional groups attached to an aromatic ring is 1. The molecule has 9 heteroatoms. The lowest BCUT2D eigenvalue weighted by atomic mass is 10.3. The maximum Gasteiger partial charge on any atom is 0.272 e. The van der Waals surface area contributed by atoms with Crippen LogP contribution in [0.4, 0.5) is 0 Å². The van der Waals surface area contributed by atoms with Crippen molar-refractivity contribution in [1.82, 2.24) is 15.4 Å². The molecule has 0 saturated carbocycles. The van der Waals surface area contributed by atoms with Gasteiger partial charge >= 0.3 is 0 Å². The number of H-pyrrole nitrogens is 1. The molecule has 0 aliphatic carbocycles. The SMILES string of the molecule is NNC(=O)c1cnc(C(Cl)(Cl)Cl)[nH]c1=O. The number of rotatable bonds is 1. The van der Waals surface area contributed by atoms with Crippen molar-refractivity contribution < 1.29 is 4.79 Å². The highest BCUT2D eigenvalue weighted by atomic mass is 35.6. The molecule has 0 atom stereocenters. The Bertz CT molecular complexity index is 439. The molecule has 82 valence electrons. The van der Waals surface area contributed by atoms with Crippen LogP contribution in [0.25, 0.3) is 0 Å². The smallest absolute Gasteiger partial charge is 0.272 e. The number of nitrogens with zero attached hydrogens (tertiary/aromatic N) is 1. The first-order valence-electron chi connectivity index (χ1n) is 3.53. The van der Waals surface area contributed by atoms with Gasteiger partial charge in [-0.2, -0.15) is 0 Å². The lowest BCUT2D eigenvalue weighted by Gasteiger charge is -2.09. The fourth-order valence-corrected chi connectivity index (χ4v) is 1.07. The summed E-state index contributed by atoms with van der Waals surface area (Å²) in [5.41, 5.74) is 0.773. The number of hydrogen-bond acceptors (Lipinski definition) is 4. The third-order valence-electron chi connectivity index (χ3n) is 1.44. The van der Waals surface area contributed by atoms with Gasteiger partial charge in [-0.25, -0.2) is 10.8 Å². The van der Waals surface area contributed by atoms with Crippen molar-refractivity contribution in [1.29, 1.82) is 0 Å². The Kier molecular flexibility index (Phi) is 3.56. The highest BCUT2D eigenvalue weighted by Gasteiger charge is 2.26. The van der Waals surface area contributed by atoms with E-state index in [1.165, 1.54) is 0 Å². The lowest BCUT2D eigenvalue weighted by Crippen LogP contribution is -2.35. The summed E-state index contributed by atoms with van der Waals surface area (Å²) in [4.78, 5) is 28.1. The second kappa shape index (κ2) is 4.36. The number of carbonyl (C=O) groups is 1. The standard InChI is InChI=1S/C6H5Cl3N4O2/c7-6(8,9)5-11-1-2(3(14)12-5)4(15)13-10/h1H,10H2,(H,13,15)(H,11,12,14). The van der Waals surface area contributed by atoms with Gasteiger partial charge in [-0.3, -0.25) is 15.0 Å². The van der Waals surface area contributed by atoms with E-state index >= 15 is 0 Å². The van der Waals surface area contributed by atoms with Crippen LogP contribution in [0.3, 0.4) is 0 Å². The second-order valence-electron chi connectivity index (χ2n) is 2.45. The number of aromatic amines is 1. The van der Waals surface area contributed by atoms with E-state index in [2.05, 4.69) is 9.97 Å². The van der Waals surface area contributed by atoms with Crippen LogP contribution < -0.4 is 16.8 Å². The average molecular weight is 271 g/mol. The van der Waals surface area contributed by atoms with Crippen LogP contribution in [0, 0.1) is 0 Å². The number of carbonyl (C=O) groups excluding carboxylic acids is 1. The van der Waals surface area contributed by atoms with Crippen molar-refractivity contribution in [3.8, 4) is 0 Å². The van der Waals surface area contributed by atoms with E-state index in [9.17, 15) is 9.59 Å². The summed E-state index contributed by atoms with van der Waals surface area (Å²) in [6.45, 7) is 0. The second-order valence-corrected chi connectivity index (χ2v) is 4.73. The first-order chi connectivity index (χ1) is 6.86. The third kappa shape index (κ3) is 2.82. The van der Waals surface area contributed by atoms with Crippen molar-refractivity contribution in [3.05, 3.63) is 27.9 Å². The molecule has 0 aliphatic heterocycles. The predicted molar refractivity (Wildman–Crippen MR) is 55.7 cm³/mol. The Labute approximate surface area is 98.7 Å². The van der Waals surface area contributed by atoms with Gasteiger partial charge < -0.3 is 4.98 Å². The largest absolute Gasteiger partial charge is 0.306 e. The molecule has 15 heavy (non-hydrogen) atoms. The number of nitrogens with one attached hydrogen (secondary N) is 2. The molecule has 1 amide bonds. The summed E-state index contributed by atoms with van der Waals surface area (Å²) in [5, 5.41) is 0. The van der Waals surface area contributed by atoms with E-state index < -0.39 is 15.3 Å². The van der Waals surface area contributed by atoms with E-state index in [0.29, 0.717) is 0 Å². The van der Waals surface area contributed by atoms with Gasteiger partial charge in [-0.15, -0.1) is 0 Å². The molecule has 0 aromatic carbocycles. The zero-order valence-electron chi connectivity index (χ0n) is 7.05. The summed E-state index contributed by atoms with van der Waals surface area (Å²) in [7, 11) is 0. The fraction of sp³-hybridized carbons (Fsp3) is 0.167. The maximum atomic E-state index is 11.3. The topological polar surface area (TPSA) is 101 Å². The van der Waals surface area contributed by atoms with E-state index in [1.807, 2.05) is 0 Å². The quantitative estimate of drug-likeness (QED) is 0.294. The molecule has 0 bridgehead atoms. The van der Waals surface area contributed by atoms with Crippen molar-refractivity contribution in [2.75, 3.05) is 0 Å². The molecule has 0 radical (unpaired) electrons. The number of hydrazine groups is 1. The van der Waals surface area contributed by atoms with Gasteiger partial charge in [0.1, 0.15) is 5.56 Å². The molecule has 1 aromatic heterocycles. The zero-order chi connectivity index (χ0) is 11.6. The van der Waals surface area contributed by atoms with Gasteiger partial charge in [0.25, 0.3) is 11.5 Å². The lowest BCUT2D eigenvalue weighted by molar-refractivity contribution is 0.0951. The molecule has 0 aliphatic rings. The summed E-state index contributed by atoms with van der Waals surface area (Å²) in [6, 6.07) is 0. The van der Waals surface area contributed by atoms with Crippen LogP contribution in [0.15, 0.2) is 11.0 Å². The van der Waals surface area contributed by atoms with Gasteiger partial charge in [-0.05, 0) is 0 Å². The molecule has 1 aromatic rings. The van der Waals surface area contributed by atoms with Crippen molar-refractivity contribution >= 4 is 40.7 Å². The third-order valence-corrected chi connectivity index (χ3v) is 1.98. The van der Waals surface area contributed by atoms with E-state index in [1.54, 1.807) is 5.43 Å². The maximum absolute atomic E-state index is 11.3. The number of amides is 1. The summed E-state index contributed by atoms with van der Waals surface area (Å²) >= 11 is 16.4. The van der Waals surface area contributed by atoms with Crippen LogP contribution in [0.1, 0.15) is 16.2 Å². The molecule has 1 rings (SSSR count). The van der Waals surface area contributed by atoms with E-state index in [4.69, 9.17) is 40.6 Å². The highest BCUT2D eigenvalue weighted by molar-refractivity contribution is 6.66. The average Bonchev–Trinajstić information content (AvgIpc) is 2.15. The molecular formula is C6H5Cl3N4O2. The first kappa shape index (κ1) is 12.3. The molecule has 0 unspecified atom stereocenters. The van der Waals surface area contributed by atoms with E-state index in [-0.39, 0.29) is 11.4 Å². The molecule has 6 nitrogen and oxygen atoms in total. The van der Waals surface area contributed by atoms with Crippen molar-refractivity contribution in [2.45, 2.75) is 3.79 Å². The Hall–Kier alpha value is -0.820. The summed E-state index contributed by atoms with van der Waals surface area (Å²) in [6.07, 6.45) is 0.970. The summed E-state index contributed by atoms with van der Waals surface area (Å²) in [5.74, 6) is 3.89. The fourth-order valence-electron chi connectivity index (χ4n) is 0.778. The number of alkyl halides is 3. The minimum atomic E-state index is -1.85. The van der Waals surface area contributed by atoms with Gasteiger partial charge in [0, 0.05) is 6.20 Å². The number of hydrogen-bond donors (Lipinski definition) is 3. The van der Waals surface area contributed by atoms with Crippen LogP contribution in [-0.2, 0) is 3.79 Å². The molecule has 1 heterocycles. The predicted octanol–water partition coefficient (Wildman–Crippen LogP) is 0.200. The zero-order valence-corrected chi connectivity index (χ0v) is 9.32. The number of halogens is 3. The normalized spacial score (nSPS) is 11.2. The molecular weight excluding hydrogens is 266 g/mol. The van der Waals surface area contributed by atoms with Gasteiger partial charge in [0.2, 0.25) is 3.79 Å². The van der Waals surface area contributed by atoms with Crippen molar-refractivity contribution in [2.24, 2.45) is 5.84 Å². The Morgan fingerprint density at radius 3 is 2.53 bits per heavy atom. The monoisotopic (exact) mass is 270 g/mol. The Morgan fingerprint density at radius 1 is 1.53 bits per heavy atom. The molecule has 4 N–H and O–H groups in total. The van der Waals surface area contributed by atoms with Crippen LogP contribution in [-0.4, -0.2) is 15.9 Å². The van der Waals surface area contributed by atoms with E-state index in [0.717, 1.165) is 6.20 Å². The Morgan fingerprint density at radius 2 is 2.13 bits per heavy atom. The number of nitrogens with two attached hydrogens (primary N) is 1. The first-order valence-corrected chi connectivity index (χ1v) is 4.67. The molecule has 0 fully saturated rings. The minimum Gasteiger partial charge on any atom is -0.306 e. The van der Waals surface area contributed by atoms with Gasteiger partial charge in [-0.1, -0.05) is 34.8 Å². The minimum absolute atomic E-state index is 0.175. The Balaban J connectivity index is 3.21. The van der Waals surface area contributed by atoms with Crippen LogP contribution in [0.5, 0.6) is 0 Å². The highest BCUT2D eigenvalue weighted by Crippen LogP contribution is 2.34. The number of aromatic nitrogens is 2. The van der Waals surface area contributed by atoms with Crippen molar-refractivity contribution in [3.63, 3.8) is 0 Å². The van der Waals surface area contributed by atoms with Gasteiger partial charge in [0.05, 0.1) is 0 Å². The van der Waals surface area contributed by atoms with Gasteiger partial charge in [0.15, 0.2) is 5.82 Å². The van der Waals surface area contributed by atoms with Crippen LogP contribution >= 0.6 is 34.8 Å². The summed E-state index contributed by atoms with van der Waals surface area (Å²) < 4.78 is -1.85. The van der Waals surface area contributed by atoms with Crippen LogP contribution in [0.2, 0.25) is 0 Å².